The van der Waals surface area contributed by atoms with Crippen molar-refractivity contribution in [3.63, 3.8) is 0 Å². The summed E-state index contributed by atoms with van der Waals surface area (Å²) in [5, 5.41) is 4.66. The summed E-state index contributed by atoms with van der Waals surface area (Å²) in [5.74, 6) is 0.486. The van der Waals surface area contributed by atoms with Crippen molar-refractivity contribution < 1.29 is 14.3 Å². The van der Waals surface area contributed by atoms with E-state index in [9.17, 15) is 9.59 Å². The molecule has 164 valence electrons. The lowest BCUT2D eigenvalue weighted by molar-refractivity contribution is 0.0618. The molecule has 1 aromatic heterocycles. The number of hydrogen-bond acceptors (Lipinski definition) is 4. The number of benzene rings is 2. The van der Waals surface area contributed by atoms with Gasteiger partial charge in [0, 0.05) is 18.7 Å². The summed E-state index contributed by atoms with van der Waals surface area (Å²) in [5.41, 5.74) is 3.91. The summed E-state index contributed by atoms with van der Waals surface area (Å²) in [6.45, 7) is 5.13. The molecule has 3 heterocycles. The van der Waals surface area contributed by atoms with Crippen LogP contribution in [-0.2, 0) is 0 Å². The van der Waals surface area contributed by atoms with Gasteiger partial charge in [-0.2, -0.15) is 5.10 Å². The molecule has 7 nitrogen and oxygen atoms in total. The Balaban J connectivity index is 1.41. The number of hydrogen-bond donors (Lipinski definition) is 0. The predicted octanol–water partition coefficient (Wildman–Crippen LogP) is 3.62. The molecule has 2 amide bonds. The second-order valence-electron chi connectivity index (χ2n) is 8.38. The van der Waals surface area contributed by atoms with E-state index < -0.39 is 0 Å². The number of carbonyl (C=O) groups excluding carboxylic acids is 2. The number of para-hydroxylation sites is 2. The first-order valence-electron chi connectivity index (χ1n) is 10.9. The molecule has 32 heavy (non-hydrogen) atoms. The van der Waals surface area contributed by atoms with Crippen LogP contribution in [0.25, 0.3) is 5.69 Å². The maximum absolute atomic E-state index is 13.6. The molecule has 1 fully saturated rings. The van der Waals surface area contributed by atoms with Crippen molar-refractivity contribution >= 4 is 11.8 Å². The van der Waals surface area contributed by atoms with Crippen LogP contribution in [0.3, 0.4) is 0 Å². The normalized spacial score (nSPS) is 20.0. The number of nitrogens with zero attached hydrogens (tertiary/aromatic N) is 4. The van der Waals surface area contributed by atoms with Crippen molar-refractivity contribution in [1.82, 2.24) is 19.6 Å². The van der Waals surface area contributed by atoms with Crippen LogP contribution in [0.1, 0.15) is 51.5 Å². The van der Waals surface area contributed by atoms with E-state index in [4.69, 9.17) is 4.74 Å². The molecule has 2 unspecified atom stereocenters. The van der Waals surface area contributed by atoms with Gasteiger partial charge < -0.3 is 14.5 Å². The Morgan fingerprint density at radius 2 is 1.81 bits per heavy atom. The first kappa shape index (κ1) is 20.3. The highest BCUT2D eigenvalue weighted by Gasteiger charge is 2.45. The zero-order valence-corrected chi connectivity index (χ0v) is 18.5. The van der Waals surface area contributed by atoms with Crippen LogP contribution in [0.2, 0.25) is 0 Å². The van der Waals surface area contributed by atoms with Gasteiger partial charge in [0.1, 0.15) is 11.4 Å². The molecule has 2 aliphatic rings. The summed E-state index contributed by atoms with van der Waals surface area (Å²) >= 11 is 0. The number of aromatic nitrogens is 2. The summed E-state index contributed by atoms with van der Waals surface area (Å²) in [6.07, 6.45) is 0.749. The molecule has 0 saturated carbocycles. The molecule has 0 N–H and O–H groups in total. The van der Waals surface area contributed by atoms with E-state index in [1.807, 2.05) is 59.2 Å². The van der Waals surface area contributed by atoms with E-state index in [0.29, 0.717) is 30.1 Å². The Labute approximate surface area is 187 Å². The summed E-state index contributed by atoms with van der Waals surface area (Å²) in [4.78, 5) is 30.5. The monoisotopic (exact) mass is 430 g/mol. The number of methoxy groups -OCH3 is 1. The molecule has 3 aromatic rings. The van der Waals surface area contributed by atoms with E-state index in [-0.39, 0.29) is 23.9 Å². The molecule has 0 aliphatic carbocycles. The number of rotatable bonds is 4. The Morgan fingerprint density at radius 1 is 1.09 bits per heavy atom. The van der Waals surface area contributed by atoms with Crippen molar-refractivity contribution in [2.45, 2.75) is 32.4 Å². The maximum atomic E-state index is 13.6. The van der Waals surface area contributed by atoms with Crippen LogP contribution >= 0.6 is 0 Å². The highest BCUT2D eigenvalue weighted by molar-refractivity contribution is 5.99. The molecular formula is C25H26N4O3. The zero-order valence-electron chi connectivity index (χ0n) is 18.5. The summed E-state index contributed by atoms with van der Waals surface area (Å²) in [6, 6.07) is 16.9. The quantitative estimate of drug-likeness (QED) is 0.634. The fourth-order valence-corrected chi connectivity index (χ4v) is 5.07. The van der Waals surface area contributed by atoms with Crippen molar-refractivity contribution in [3.8, 4) is 11.4 Å². The van der Waals surface area contributed by atoms with Gasteiger partial charge in [0.2, 0.25) is 0 Å². The summed E-state index contributed by atoms with van der Waals surface area (Å²) < 4.78 is 7.13. The molecule has 5 rings (SSSR count). The average molecular weight is 431 g/mol. The highest BCUT2D eigenvalue weighted by Crippen LogP contribution is 2.40. The Bertz CT molecular complexity index is 1190. The van der Waals surface area contributed by atoms with E-state index in [1.54, 1.807) is 23.9 Å². The van der Waals surface area contributed by atoms with Gasteiger partial charge in [0.15, 0.2) is 0 Å². The number of carbonyl (C=O) groups is 2. The zero-order chi connectivity index (χ0) is 22.4. The third-order valence-electron chi connectivity index (χ3n) is 6.56. The first-order chi connectivity index (χ1) is 15.5. The second kappa shape index (κ2) is 7.82. The fourth-order valence-electron chi connectivity index (χ4n) is 5.07. The molecule has 0 radical (unpaired) electrons. The standard InChI is InChI=1S/C25H26N4O3/c1-16-22-17(2)28(25(31)23(22)29(26-16)18-9-5-4-6-10-18)19-13-14-27(15-19)24(30)20-11-7-8-12-21(20)32-3/h4-12,17,19H,13-15H2,1-3H3. The maximum Gasteiger partial charge on any atom is 0.273 e. The smallest absolute Gasteiger partial charge is 0.273 e. The van der Waals surface area contributed by atoms with Gasteiger partial charge in [-0.25, -0.2) is 4.68 Å². The number of likely N-dealkylation sites (tertiary alicyclic amines) is 1. The summed E-state index contributed by atoms with van der Waals surface area (Å²) in [7, 11) is 1.57. The van der Waals surface area contributed by atoms with Gasteiger partial charge in [-0.05, 0) is 44.5 Å². The molecule has 0 bridgehead atoms. The minimum Gasteiger partial charge on any atom is -0.496 e. The van der Waals surface area contributed by atoms with Crippen LogP contribution < -0.4 is 4.74 Å². The molecule has 2 aliphatic heterocycles. The van der Waals surface area contributed by atoms with Gasteiger partial charge >= 0.3 is 0 Å². The topological polar surface area (TPSA) is 67.7 Å². The van der Waals surface area contributed by atoms with Crippen molar-refractivity contribution in [3.05, 3.63) is 77.1 Å². The third-order valence-corrected chi connectivity index (χ3v) is 6.56. The minimum atomic E-state index is -0.0822. The van der Waals surface area contributed by atoms with Gasteiger partial charge in [-0.1, -0.05) is 30.3 Å². The highest BCUT2D eigenvalue weighted by atomic mass is 16.5. The SMILES string of the molecule is COc1ccccc1C(=O)N1CCC(N2C(=O)c3c(c(C)nn3-c3ccccc3)C2C)C1. The fraction of sp³-hybridized carbons (Fsp3) is 0.320. The van der Waals surface area contributed by atoms with Gasteiger partial charge in [-0.3, -0.25) is 9.59 Å². The van der Waals surface area contributed by atoms with Gasteiger partial charge in [0.05, 0.1) is 36.1 Å². The largest absolute Gasteiger partial charge is 0.496 e. The van der Waals surface area contributed by atoms with Gasteiger partial charge in [-0.15, -0.1) is 0 Å². The molecular weight excluding hydrogens is 404 g/mol. The van der Waals surface area contributed by atoms with Crippen LogP contribution in [0.5, 0.6) is 5.75 Å². The van der Waals surface area contributed by atoms with E-state index in [0.717, 1.165) is 23.4 Å². The molecule has 7 heteroatoms. The van der Waals surface area contributed by atoms with Crippen LogP contribution in [-0.4, -0.2) is 57.6 Å². The number of fused-ring (bicyclic) bond motifs is 1. The number of aryl methyl sites for hydroxylation is 1. The molecule has 2 atom stereocenters. The Hall–Kier alpha value is -3.61. The lowest BCUT2D eigenvalue weighted by Gasteiger charge is -2.29. The average Bonchev–Trinajstić information content (AvgIpc) is 3.50. The van der Waals surface area contributed by atoms with Crippen molar-refractivity contribution in [2.24, 2.45) is 0 Å². The number of ether oxygens (including phenoxy) is 1. The van der Waals surface area contributed by atoms with Crippen molar-refractivity contribution in [2.75, 3.05) is 20.2 Å². The van der Waals surface area contributed by atoms with Crippen molar-refractivity contribution in [1.29, 1.82) is 0 Å². The van der Waals surface area contributed by atoms with Gasteiger partial charge in [0.25, 0.3) is 11.8 Å². The Kier molecular flexibility index (Phi) is 4.96. The van der Waals surface area contributed by atoms with E-state index in [2.05, 4.69) is 12.0 Å². The third kappa shape index (κ3) is 3.07. The number of amides is 2. The molecule has 1 saturated heterocycles. The minimum absolute atomic E-state index is 0.0199. The first-order valence-corrected chi connectivity index (χ1v) is 10.9. The molecule has 2 aromatic carbocycles. The Morgan fingerprint density at radius 3 is 2.56 bits per heavy atom. The van der Waals surface area contributed by atoms with E-state index >= 15 is 0 Å². The van der Waals surface area contributed by atoms with Crippen LogP contribution in [0.4, 0.5) is 0 Å². The van der Waals surface area contributed by atoms with E-state index in [1.165, 1.54) is 0 Å². The predicted molar refractivity (Wildman–Crippen MR) is 120 cm³/mol. The molecule has 0 spiro atoms. The second-order valence-corrected chi connectivity index (χ2v) is 8.38. The lowest BCUT2D eigenvalue weighted by Crippen LogP contribution is -2.41. The van der Waals surface area contributed by atoms with Crippen LogP contribution in [0, 0.1) is 6.92 Å². The van der Waals surface area contributed by atoms with Crippen LogP contribution in [0.15, 0.2) is 54.6 Å². The lowest BCUT2D eigenvalue weighted by atomic mass is 10.1.